The van der Waals surface area contributed by atoms with Crippen LogP contribution in [0.25, 0.3) is 11.4 Å². The van der Waals surface area contributed by atoms with Gasteiger partial charge in [0.2, 0.25) is 17.6 Å². The van der Waals surface area contributed by atoms with Gasteiger partial charge in [-0.15, -0.1) is 0 Å². The molecule has 2 aromatic rings. The van der Waals surface area contributed by atoms with Crippen LogP contribution in [0.4, 0.5) is 0 Å². The molecule has 0 bridgehead atoms. The van der Waals surface area contributed by atoms with Crippen LogP contribution >= 0.6 is 11.6 Å². The summed E-state index contributed by atoms with van der Waals surface area (Å²) in [6.07, 6.45) is 0. The van der Waals surface area contributed by atoms with Gasteiger partial charge in [0.15, 0.2) is 0 Å². The van der Waals surface area contributed by atoms with Gasteiger partial charge in [0.25, 0.3) is 0 Å². The van der Waals surface area contributed by atoms with Crippen LogP contribution in [0.3, 0.4) is 0 Å². The summed E-state index contributed by atoms with van der Waals surface area (Å²) < 4.78 is 5.03. The fraction of sp³-hybridized carbons (Fsp3) is 0.250. The van der Waals surface area contributed by atoms with Crippen LogP contribution in [-0.4, -0.2) is 22.1 Å². The van der Waals surface area contributed by atoms with Crippen LogP contribution in [0.15, 0.2) is 28.8 Å². The maximum absolute atomic E-state index is 11.3. The molecule has 0 spiro atoms. The summed E-state index contributed by atoms with van der Waals surface area (Å²) in [5.41, 5.74) is 6.10. The fourth-order valence-electron chi connectivity index (χ4n) is 1.40. The van der Waals surface area contributed by atoms with Crippen molar-refractivity contribution in [1.82, 2.24) is 15.5 Å². The Balaban J connectivity index is 2.08. The molecule has 0 aliphatic heterocycles. The summed E-state index contributed by atoms with van der Waals surface area (Å²) in [4.78, 5) is 15.5. The highest BCUT2D eigenvalue weighted by molar-refractivity contribution is 6.33. The molecule has 0 aliphatic rings. The molecule has 2 rings (SSSR count). The molecule has 7 heteroatoms. The first-order chi connectivity index (χ1) is 9.08. The molecule has 3 N–H and O–H groups in total. The van der Waals surface area contributed by atoms with E-state index < -0.39 is 6.04 Å². The number of benzene rings is 1. The quantitative estimate of drug-likeness (QED) is 0.882. The van der Waals surface area contributed by atoms with Gasteiger partial charge >= 0.3 is 0 Å². The number of nitrogens with one attached hydrogen (secondary N) is 1. The Bertz CT molecular complexity index is 583. The van der Waals surface area contributed by atoms with Crippen molar-refractivity contribution < 1.29 is 9.32 Å². The maximum Gasteiger partial charge on any atom is 0.246 e. The number of carbonyl (C=O) groups excluding carboxylic acids is 1. The minimum atomic E-state index is -0.578. The van der Waals surface area contributed by atoms with Crippen LogP contribution in [0.2, 0.25) is 5.02 Å². The van der Waals surface area contributed by atoms with Crippen LogP contribution < -0.4 is 11.1 Å². The first kappa shape index (κ1) is 13.5. The predicted octanol–water partition coefficient (Wildman–Crippen LogP) is 1.35. The molecule has 19 heavy (non-hydrogen) atoms. The fourth-order valence-corrected chi connectivity index (χ4v) is 1.62. The number of aromatic nitrogens is 2. The van der Waals surface area contributed by atoms with Crippen molar-refractivity contribution >= 4 is 17.5 Å². The van der Waals surface area contributed by atoms with E-state index in [1.165, 1.54) is 0 Å². The number of hydrogen-bond donors (Lipinski definition) is 2. The summed E-state index contributed by atoms with van der Waals surface area (Å²) in [7, 11) is 0. The summed E-state index contributed by atoms with van der Waals surface area (Å²) in [6.45, 7) is 1.73. The van der Waals surface area contributed by atoms with Crippen molar-refractivity contribution in [2.75, 3.05) is 0 Å². The highest BCUT2D eigenvalue weighted by Gasteiger charge is 2.13. The summed E-state index contributed by atoms with van der Waals surface area (Å²) in [5.74, 6) is 0.400. The van der Waals surface area contributed by atoms with Gasteiger partial charge in [-0.05, 0) is 19.1 Å². The number of halogens is 1. The van der Waals surface area contributed by atoms with Crippen molar-refractivity contribution in [3.8, 4) is 11.4 Å². The highest BCUT2D eigenvalue weighted by atomic mass is 35.5. The van der Waals surface area contributed by atoms with Gasteiger partial charge in [0.1, 0.15) is 0 Å². The molecule has 0 saturated carbocycles. The Labute approximate surface area is 114 Å². The van der Waals surface area contributed by atoms with E-state index in [-0.39, 0.29) is 12.5 Å². The first-order valence-corrected chi connectivity index (χ1v) is 6.06. The van der Waals surface area contributed by atoms with Gasteiger partial charge in [-0.25, -0.2) is 0 Å². The van der Waals surface area contributed by atoms with E-state index in [1.807, 2.05) is 12.1 Å². The van der Waals surface area contributed by atoms with Crippen LogP contribution in [0.1, 0.15) is 12.8 Å². The molecular weight excluding hydrogens is 268 g/mol. The third-order valence-electron chi connectivity index (χ3n) is 2.41. The van der Waals surface area contributed by atoms with Crippen molar-refractivity contribution in [3.05, 3.63) is 35.2 Å². The van der Waals surface area contributed by atoms with Gasteiger partial charge in [0.05, 0.1) is 17.6 Å². The molecule has 1 aromatic carbocycles. The number of carbonyl (C=O) groups is 1. The second kappa shape index (κ2) is 5.81. The highest BCUT2D eigenvalue weighted by Crippen LogP contribution is 2.24. The van der Waals surface area contributed by atoms with Gasteiger partial charge in [-0.1, -0.05) is 28.9 Å². The first-order valence-electron chi connectivity index (χ1n) is 5.68. The Morgan fingerprint density at radius 1 is 1.53 bits per heavy atom. The average molecular weight is 281 g/mol. The number of amides is 1. The second-order valence-electron chi connectivity index (χ2n) is 4.00. The molecule has 1 aromatic heterocycles. The zero-order valence-corrected chi connectivity index (χ0v) is 11.0. The van der Waals surface area contributed by atoms with E-state index in [4.69, 9.17) is 21.9 Å². The number of hydrogen-bond acceptors (Lipinski definition) is 5. The van der Waals surface area contributed by atoms with Crippen LogP contribution in [-0.2, 0) is 11.3 Å². The molecule has 1 atom stereocenters. The Morgan fingerprint density at radius 2 is 2.26 bits per heavy atom. The number of rotatable bonds is 4. The Hall–Kier alpha value is -1.92. The van der Waals surface area contributed by atoms with Gasteiger partial charge < -0.3 is 15.6 Å². The zero-order valence-electron chi connectivity index (χ0n) is 10.3. The van der Waals surface area contributed by atoms with Gasteiger partial charge in [-0.2, -0.15) is 4.98 Å². The lowest BCUT2D eigenvalue weighted by Crippen LogP contribution is -2.37. The smallest absolute Gasteiger partial charge is 0.246 e. The van der Waals surface area contributed by atoms with E-state index in [1.54, 1.807) is 19.1 Å². The zero-order chi connectivity index (χ0) is 13.8. The topological polar surface area (TPSA) is 94.0 Å². The molecule has 0 radical (unpaired) electrons. The molecule has 1 amide bonds. The molecule has 0 fully saturated rings. The van der Waals surface area contributed by atoms with E-state index in [2.05, 4.69) is 15.5 Å². The van der Waals surface area contributed by atoms with Gasteiger partial charge in [0, 0.05) is 5.56 Å². The molecule has 0 unspecified atom stereocenters. The monoisotopic (exact) mass is 280 g/mol. The third kappa shape index (κ3) is 3.30. The van der Waals surface area contributed by atoms with Crippen LogP contribution in [0, 0.1) is 0 Å². The van der Waals surface area contributed by atoms with E-state index in [9.17, 15) is 4.79 Å². The summed E-state index contributed by atoms with van der Waals surface area (Å²) in [5, 5.41) is 6.94. The molecule has 6 nitrogen and oxygen atoms in total. The van der Waals surface area contributed by atoms with Crippen molar-refractivity contribution in [3.63, 3.8) is 0 Å². The largest absolute Gasteiger partial charge is 0.346 e. The lowest BCUT2D eigenvalue weighted by Gasteiger charge is -2.03. The number of nitrogens with zero attached hydrogens (tertiary/aromatic N) is 2. The minimum absolute atomic E-state index is 0.137. The lowest BCUT2D eigenvalue weighted by atomic mass is 10.2. The van der Waals surface area contributed by atoms with Gasteiger partial charge in [-0.3, -0.25) is 4.79 Å². The van der Waals surface area contributed by atoms with Crippen molar-refractivity contribution in [1.29, 1.82) is 0 Å². The lowest BCUT2D eigenvalue weighted by molar-refractivity contribution is -0.122. The second-order valence-corrected chi connectivity index (χ2v) is 4.41. The SMILES string of the molecule is C[C@H](N)C(=O)NCc1nc(-c2ccccc2Cl)no1. The molecule has 0 aliphatic carbocycles. The van der Waals surface area contributed by atoms with Crippen LogP contribution in [0.5, 0.6) is 0 Å². The van der Waals surface area contributed by atoms with Crippen molar-refractivity contribution in [2.45, 2.75) is 19.5 Å². The van der Waals surface area contributed by atoms with E-state index in [0.717, 1.165) is 0 Å². The molecule has 100 valence electrons. The van der Waals surface area contributed by atoms with E-state index >= 15 is 0 Å². The average Bonchev–Trinajstić information content (AvgIpc) is 2.85. The third-order valence-corrected chi connectivity index (χ3v) is 2.74. The number of nitrogens with two attached hydrogens (primary N) is 1. The normalized spacial score (nSPS) is 12.2. The molecule has 0 saturated heterocycles. The molecule has 1 heterocycles. The van der Waals surface area contributed by atoms with E-state index in [0.29, 0.717) is 22.3 Å². The van der Waals surface area contributed by atoms with Crippen molar-refractivity contribution in [2.24, 2.45) is 5.73 Å². The Kier molecular flexibility index (Phi) is 4.13. The minimum Gasteiger partial charge on any atom is -0.346 e. The predicted molar refractivity (Wildman–Crippen MR) is 70.2 cm³/mol. The summed E-state index contributed by atoms with van der Waals surface area (Å²) in [6, 6.07) is 6.60. The maximum atomic E-state index is 11.3. The summed E-state index contributed by atoms with van der Waals surface area (Å²) >= 11 is 6.03. The Morgan fingerprint density at radius 3 is 2.95 bits per heavy atom. The standard InChI is InChI=1S/C12H13ClN4O2/c1-7(14)12(18)15-6-10-16-11(17-19-10)8-4-2-3-5-9(8)13/h2-5,7H,6,14H2,1H3,(H,15,18)/t7-/m0/s1. The molecular formula is C12H13ClN4O2.